The van der Waals surface area contributed by atoms with E-state index in [0.717, 1.165) is 32.5 Å². The van der Waals surface area contributed by atoms with Crippen molar-refractivity contribution in [2.24, 2.45) is 0 Å². The maximum atomic E-state index is 11.1. The summed E-state index contributed by atoms with van der Waals surface area (Å²) in [5, 5.41) is 0. The molecule has 0 aliphatic rings. The minimum absolute atomic E-state index is 0.182. The second-order valence-corrected chi connectivity index (χ2v) is 3.46. The van der Waals surface area contributed by atoms with Crippen LogP contribution in [-0.4, -0.2) is 50.8 Å². The molecule has 0 N–H and O–H groups in total. The van der Waals surface area contributed by atoms with Crippen LogP contribution in [0.1, 0.15) is 26.7 Å². The summed E-state index contributed by atoms with van der Waals surface area (Å²) < 4.78 is 10.0. The highest BCUT2D eigenvalue weighted by Crippen LogP contribution is 1.93. The van der Waals surface area contributed by atoms with Crippen LogP contribution in [0.15, 0.2) is 0 Å². The van der Waals surface area contributed by atoms with Gasteiger partial charge in [-0.05, 0) is 19.4 Å². The predicted molar refractivity (Wildman–Crippen MR) is 59.9 cm³/mol. The number of carbonyl (C=O) groups excluding carboxylic acids is 1. The van der Waals surface area contributed by atoms with E-state index in [0.29, 0.717) is 13.2 Å². The van der Waals surface area contributed by atoms with Gasteiger partial charge in [0.05, 0.1) is 20.3 Å². The minimum atomic E-state index is -0.182. The number of hydrogen-bond donors (Lipinski definition) is 0. The lowest BCUT2D eigenvalue weighted by Crippen LogP contribution is -2.34. The molecule has 0 amide bonds. The Balaban J connectivity index is 3.67. The quantitative estimate of drug-likeness (QED) is 0.431. The van der Waals surface area contributed by atoms with Gasteiger partial charge >= 0.3 is 5.97 Å². The van der Waals surface area contributed by atoms with Crippen molar-refractivity contribution in [1.82, 2.24) is 4.90 Å². The molecule has 15 heavy (non-hydrogen) atoms. The van der Waals surface area contributed by atoms with E-state index in [1.807, 2.05) is 0 Å². The second-order valence-electron chi connectivity index (χ2n) is 3.46. The molecule has 0 bridgehead atoms. The number of hydrogen-bond acceptors (Lipinski definition) is 4. The number of methoxy groups -OCH3 is 1. The number of nitrogens with zero attached hydrogens (tertiary/aromatic N) is 1. The average Bonchev–Trinajstić information content (AvgIpc) is 2.24. The zero-order chi connectivity index (χ0) is 11.5. The molecule has 0 heterocycles. The van der Waals surface area contributed by atoms with E-state index < -0.39 is 0 Å². The van der Waals surface area contributed by atoms with Gasteiger partial charge in [0.1, 0.15) is 0 Å². The topological polar surface area (TPSA) is 38.8 Å². The molecule has 0 aromatic rings. The Kier molecular flexibility index (Phi) is 9.52. The average molecular weight is 217 g/mol. The van der Waals surface area contributed by atoms with Crippen LogP contribution >= 0.6 is 0 Å². The van der Waals surface area contributed by atoms with Gasteiger partial charge in [0.15, 0.2) is 0 Å². The van der Waals surface area contributed by atoms with E-state index in [4.69, 9.17) is 4.74 Å². The van der Waals surface area contributed by atoms with Gasteiger partial charge in [0.25, 0.3) is 0 Å². The van der Waals surface area contributed by atoms with Crippen LogP contribution in [0.4, 0.5) is 0 Å². The van der Waals surface area contributed by atoms with E-state index >= 15 is 0 Å². The predicted octanol–water partition coefficient (Wildman–Crippen LogP) is 1.30. The summed E-state index contributed by atoms with van der Waals surface area (Å²) in [5.41, 5.74) is 0. The first-order valence-electron chi connectivity index (χ1n) is 5.61. The molecular formula is C11H23NO3. The third kappa shape index (κ3) is 8.39. The second kappa shape index (κ2) is 9.93. The SMILES string of the molecule is CCCOCCN(CCC)CC(=O)OC. The van der Waals surface area contributed by atoms with Crippen molar-refractivity contribution in [3.63, 3.8) is 0 Å². The van der Waals surface area contributed by atoms with Gasteiger partial charge in [-0.2, -0.15) is 0 Å². The van der Waals surface area contributed by atoms with Gasteiger partial charge in [-0.25, -0.2) is 0 Å². The molecule has 4 heteroatoms. The molecule has 0 aliphatic carbocycles. The van der Waals surface area contributed by atoms with E-state index in [1.54, 1.807) is 0 Å². The van der Waals surface area contributed by atoms with E-state index in [9.17, 15) is 4.79 Å². The van der Waals surface area contributed by atoms with Crippen LogP contribution in [0.5, 0.6) is 0 Å². The normalized spacial score (nSPS) is 10.7. The van der Waals surface area contributed by atoms with Crippen LogP contribution in [0.3, 0.4) is 0 Å². The van der Waals surface area contributed by atoms with E-state index in [-0.39, 0.29) is 5.97 Å². The Morgan fingerprint density at radius 1 is 1.13 bits per heavy atom. The van der Waals surface area contributed by atoms with Crippen molar-refractivity contribution in [3.05, 3.63) is 0 Å². The largest absolute Gasteiger partial charge is 0.468 e. The fourth-order valence-electron chi connectivity index (χ4n) is 1.27. The molecule has 0 saturated heterocycles. The summed E-state index contributed by atoms with van der Waals surface area (Å²) in [6, 6.07) is 0. The van der Waals surface area contributed by atoms with Crippen molar-refractivity contribution in [2.45, 2.75) is 26.7 Å². The third-order valence-electron chi connectivity index (χ3n) is 2.02. The molecule has 0 saturated carbocycles. The molecule has 0 aliphatic heterocycles. The molecule has 0 spiro atoms. The summed E-state index contributed by atoms with van der Waals surface area (Å²) in [6.07, 6.45) is 2.07. The van der Waals surface area contributed by atoms with Gasteiger partial charge in [0, 0.05) is 13.2 Å². The highest BCUT2D eigenvalue weighted by atomic mass is 16.5. The summed E-state index contributed by atoms with van der Waals surface area (Å²) in [4.78, 5) is 13.1. The highest BCUT2D eigenvalue weighted by molar-refractivity contribution is 5.71. The molecule has 90 valence electrons. The molecular weight excluding hydrogens is 194 g/mol. The first-order valence-corrected chi connectivity index (χ1v) is 5.61. The zero-order valence-corrected chi connectivity index (χ0v) is 10.1. The molecule has 0 rings (SSSR count). The van der Waals surface area contributed by atoms with Gasteiger partial charge in [-0.15, -0.1) is 0 Å². The van der Waals surface area contributed by atoms with Crippen LogP contribution in [0, 0.1) is 0 Å². The van der Waals surface area contributed by atoms with E-state index in [1.165, 1.54) is 7.11 Å². The van der Waals surface area contributed by atoms with Crippen molar-refractivity contribution >= 4 is 5.97 Å². The lowest BCUT2D eigenvalue weighted by molar-refractivity contribution is -0.142. The van der Waals surface area contributed by atoms with Crippen molar-refractivity contribution in [3.8, 4) is 0 Å². The standard InChI is InChI=1S/C11H23NO3/c1-4-6-12(10-11(13)14-3)7-9-15-8-5-2/h4-10H2,1-3H3. The summed E-state index contributed by atoms with van der Waals surface area (Å²) in [6.45, 7) is 7.71. The van der Waals surface area contributed by atoms with Gasteiger partial charge in [-0.1, -0.05) is 13.8 Å². The summed E-state index contributed by atoms with van der Waals surface area (Å²) in [5.74, 6) is -0.182. The highest BCUT2D eigenvalue weighted by Gasteiger charge is 2.09. The van der Waals surface area contributed by atoms with Gasteiger partial charge < -0.3 is 9.47 Å². The van der Waals surface area contributed by atoms with Crippen LogP contribution in [0.25, 0.3) is 0 Å². The van der Waals surface area contributed by atoms with Gasteiger partial charge in [-0.3, -0.25) is 9.69 Å². The van der Waals surface area contributed by atoms with Crippen LogP contribution < -0.4 is 0 Å². The first-order chi connectivity index (χ1) is 7.24. The Hall–Kier alpha value is -0.610. The summed E-state index contributed by atoms with van der Waals surface area (Å²) >= 11 is 0. The van der Waals surface area contributed by atoms with Crippen LogP contribution in [-0.2, 0) is 14.3 Å². The van der Waals surface area contributed by atoms with Crippen molar-refractivity contribution in [2.75, 3.05) is 40.0 Å². The van der Waals surface area contributed by atoms with Gasteiger partial charge in [0.2, 0.25) is 0 Å². The molecule has 0 aromatic carbocycles. The Labute approximate surface area is 92.5 Å². The van der Waals surface area contributed by atoms with E-state index in [2.05, 4.69) is 23.5 Å². The maximum Gasteiger partial charge on any atom is 0.319 e. The molecule has 0 unspecified atom stereocenters. The molecule has 0 atom stereocenters. The fraction of sp³-hybridized carbons (Fsp3) is 0.909. The first kappa shape index (κ1) is 14.4. The minimum Gasteiger partial charge on any atom is -0.468 e. The van der Waals surface area contributed by atoms with Crippen LogP contribution in [0.2, 0.25) is 0 Å². The number of esters is 1. The molecule has 0 radical (unpaired) electrons. The molecule has 4 nitrogen and oxygen atoms in total. The lowest BCUT2D eigenvalue weighted by Gasteiger charge is -2.19. The monoisotopic (exact) mass is 217 g/mol. The Bertz CT molecular complexity index is 162. The number of ether oxygens (including phenoxy) is 2. The smallest absolute Gasteiger partial charge is 0.319 e. The summed E-state index contributed by atoms with van der Waals surface area (Å²) in [7, 11) is 1.42. The van der Waals surface area contributed by atoms with Crippen molar-refractivity contribution in [1.29, 1.82) is 0 Å². The zero-order valence-electron chi connectivity index (χ0n) is 10.1. The number of rotatable bonds is 9. The lowest BCUT2D eigenvalue weighted by atomic mass is 10.4. The number of carbonyl (C=O) groups is 1. The Morgan fingerprint density at radius 3 is 2.40 bits per heavy atom. The maximum absolute atomic E-state index is 11.1. The molecule has 0 aromatic heterocycles. The van der Waals surface area contributed by atoms with Crippen molar-refractivity contribution < 1.29 is 14.3 Å². The Morgan fingerprint density at radius 2 is 1.87 bits per heavy atom. The third-order valence-corrected chi connectivity index (χ3v) is 2.02. The molecule has 0 fully saturated rings. The fourth-order valence-corrected chi connectivity index (χ4v) is 1.27.